The summed E-state index contributed by atoms with van der Waals surface area (Å²) in [5.41, 5.74) is 1.23. The van der Waals surface area contributed by atoms with Crippen LogP contribution in [0.2, 0.25) is 0 Å². The fourth-order valence-electron chi connectivity index (χ4n) is 0.917. The van der Waals surface area contributed by atoms with Gasteiger partial charge in [-0.05, 0) is 40.1 Å². The average molecular weight is 289 g/mol. The molecule has 0 aliphatic rings. The summed E-state index contributed by atoms with van der Waals surface area (Å²) in [7, 11) is 0. The van der Waals surface area contributed by atoms with E-state index in [-0.39, 0.29) is 0 Å². The molecule has 0 amide bonds. The molecule has 1 heterocycles. The van der Waals surface area contributed by atoms with Gasteiger partial charge in [-0.3, -0.25) is 5.10 Å². The van der Waals surface area contributed by atoms with Gasteiger partial charge in [0.2, 0.25) is 0 Å². The quantitative estimate of drug-likeness (QED) is 0.808. The molecule has 0 aliphatic heterocycles. The van der Waals surface area contributed by atoms with E-state index < -0.39 is 0 Å². The van der Waals surface area contributed by atoms with E-state index in [1.54, 1.807) is 6.20 Å². The molecule has 1 N–H and O–H groups in total. The van der Waals surface area contributed by atoms with E-state index in [0.29, 0.717) is 5.92 Å². The summed E-state index contributed by atoms with van der Waals surface area (Å²) in [6.45, 7) is 4.30. The first-order valence-electron chi connectivity index (χ1n) is 4.08. The van der Waals surface area contributed by atoms with Crippen LogP contribution in [-0.4, -0.2) is 15.2 Å². The molecule has 0 atom stereocenters. The van der Waals surface area contributed by atoms with Crippen molar-refractivity contribution >= 4 is 22.6 Å². The standard InChI is InChI=1S/C9H12IN3/c1-7(2)8-5-11-6-13-12-4-3-9(8)10/h3-7,12H,1-2H3. The highest BCUT2D eigenvalue weighted by molar-refractivity contribution is 14.1. The van der Waals surface area contributed by atoms with Crippen LogP contribution in [0, 0.1) is 3.57 Å². The normalized spacial score (nSPS) is 9.85. The number of aromatic amines is 1. The van der Waals surface area contributed by atoms with Crippen molar-refractivity contribution in [1.29, 1.82) is 0 Å². The van der Waals surface area contributed by atoms with Gasteiger partial charge in [-0.2, -0.15) is 5.10 Å². The van der Waals surface area contributed by atoms with Crippen LogP contribution in [0.5, 0.6) is 0 Å². The van der Waals surface area contributed by atoms with Gasteiger partial charge in [0.15, 0.2) is 0 Å². The van der Waals surface area contributed by atoms with Gasteiger partial charge in [0, 0.05) is 16.0 Å². The SMILES string of the molecule is CC(C)c1cncn[nH]ccc1I. The van der Waals surface area contributed by atoms with E-state index in [9.17, 15) is 0 Å². The van der Waals surface area contributed by atoms with Crippen molar-refractivity contribution < 1.29 is 0 Å². The summed E-state index contributed by atoms with van der Waals surface area (Å²) in [6.07, 6.45) is 5.16. The molecule has 3 nitrogen and oxygen atoms in total. The summed E-state index contributed by atoms with van der Waals surface area (Å²) in [4.78, 5) is 4.06. The molecule has 0 bridgehead atoms. The molecule has 0 radical (unpaired) electrons. The highest BCUT2D eigenvalue weighted by Gasteiger charge is 2.00. The molecule has 70 valence electrons. The minimum absolute atomic E-state index is 0.479. The molecule has 4 heteroatoms. The zero-order valence-corrected chi connectivity index (χ0v) is 9.82. The van der Waals surface area contributed by atoms with Crippen LogP contribution in [-0.2, 0) is 0 Å². The van der Waals surface area contributed by atoms with Gasteiger partial charge in [-0.1, -0.05) is 13.8 Å². The predicted molar refractivity (Wildman–Crippen MR) is 60.8 cm³/mol. The number of hydrogen-bond donors (Lipinski definition) is 1. The molecule has 0 saturated carbocycles. The first-order valence-corrected chi connectivity index (χ1v) is 5.16. The first kappa shape index (κ1) is 10.4. The van der Waals surface area contributed by atoms with E-state index in [4.69, 9.17) is 0 Å². The topological polar surface area (TPSA) is 41.6 Å². The number of nitrogens with zero attached hydrogens (tertiary/aromatic N) is 2. The molecule has 0 aliphatic carbocycles. The largest absolute Gasteiger partial charge is 0.284 e. The van der Waals surface area contributed by atoms with E-state index in [2.05, 4.69) is 51.6 Å². The number of aromatic nitrogens is 3. The van der Waals surface area contributed by atoms with Gasteiger partial charge in [-0.15, -0.1) is 0 Å². The lowest BCUT2D eigenvalue weighted by molar-refractivity contribution is 0.854. The molecule has 0 fully saturated rings. The van der Waals surface area contributed by atoms with E-state index in [1.165, 1.54) is 15.5 Å². The predicted octanol–water partition coefficient (Wildman–Crippen LogP) is 2.66. The maximum atomic E-state index is 4.06. The van der Waals surface area contributed by atoms with Crippen molar-refractivity contribution in [2.75, 3.05) is 0 Å². The molecule has 1 aromatic heterocycles. The maximum absolute atomic E-state index is 4.06. The number of halogens is 1. The zero-order valence-electron chi connectivity index (χ0n) is 7.66. The number of hydrogen-bond acceptors (Lipinski definition) is 2. The second-order valence-electron chi connectivity index (χ2n) is 2.94. The Morgan fingerprint density at radius 3 is 2.92 bits per heavy atom. The van der Waals surface area contributed by atoms with Crippen LogP contribution in [0.4, 0.5) is 0 Å². The minimum atomic E-state index is 0.479. The van der Waals surface area contributed by atoms with Crippen molar-refractivity contribution in [2.45, 2.75) is 19.8 Å². The molecule has 0 spiro atoms. The van der Waals surface area contributed by atoms with Gasteiger partial charge < -0.3 is 0 Å². The smallest absolute Gasteiger partial charge is 0.135 e. The fourth-order valence-corrected chi connectivity index (χ4v) is 1.86. The molecule has 0 aromatic carbocycles. The summed E-state index contributed by atoms with van der Waals surface area (Å²) in [6, 6.07) is 1.99. The third kappa shape index (κ3) is 3.30. The van der Waals surface area contributed by atoms with Crippen LogP contribution >= 0.6 is 22.6 Å². The average Bonchev–Trinajstić information content (AvgIpc) is 2.16. The van der Waals surface area contributed by atoms with Gasteiger partial charge in [0.05, 0.1) is 0 Å². The molecule has 1 aromatic rings. The first-order chi connectivity index (χ1) is 6.22. The Kier molecular flexibility index (Phi) is 4.14. The van der Waals surface area contributed by atoms with Crippen molar-refractivity contribution in [2.24, 2.45) is 0 Å². The Hall–Kier alpha value is -0.650. The molecule has 1 rings (SSSR count). The highest BCUT2D eigenvalue weighted by atomic mass is 127. The van der Waals surface area contributed by atoms with Crippen LogP contribution in [0.15, 0.2) is 24.8 Å². The van der Waals surface area contributed by atoms with Crippen molar-refractivity contribution in [3.05, 3.63) is 33.9 Å². The van der Waals surface area contributed by atoms with E-state index in [0.717, 1.165) is 0 Å². The molecule has 0 saturated heterocycles. The Bertz CT molecular complexity index is 318. The minimum Gasteiger partial charge on any atom is -0.284 e. The molecule has 0 unspecified atom stereocenters. The maximum Gasteiger partial charge on any atom is 0.135 e. The highest BCUT2D eigenvalue weighted by Crippen LogP contribution is 2.17. The Balaban J connectivity index is 3.29. The number of rotatable bonds is 1. The zero-order chi connectivity index (χ0) is 9.68. The van der Waals surface area contributed by atoms with Crippen molar-refractivity contribution in [1.82, 2.24) is 15.2 Å². The number of H-pyrrole nitrogens is 1. The van der Waals surface area contributed by atoms with Crippen LogP contribution in [0.3, 0.4) is 0 Å². The Labute approximate surface area is 91.4 Å². The summed E-state index contributed by atoms with van der Waals surface area (Å²) >= 11 is 2.30. The van der Waals surface area contributed by atoms with E-state index in [1.807, 2.05) is 12.3 Å². The van der Waals surface area contributed by atoms with Gasteiger partial charge in [0.25, 0.3) is 0 Å². The van der Waals surface area contributed by atoms with Gasteiger partial charge in [-0.25, -0.2) is 4.98 Å². The van der Waals surface area contributed by atoms with Gasteiger partial charge >= 0.3 is 0 Å². The summed E-state index contributed by atoms with van der Waals surface area (Å²) in [5.74, 6) is 0.479. The second kappa shape index (κ2) is 5.16. The summed E-state index contributed by atoms with van der Waals surface area (Å²) < 4.78 is 1.19. The third-order valence-electron chi connectivity index (χ3n) is 1.61. The fraction of sp³-hybridized carbons (Fsp3) is 0.333. The lowest BCUT2D eigenvalue weighted by Gasteiger charge is -2.03. The van der Waals surface area contributed by atoms with Crippen LogP contribution in [0.25, 0.3) is 0 Å². The Morgan fingerprint density at radius 2 is 2.23 bits per heavy atom. The molecular formula is C9H12IN3. The van der Waals surface area contributed by atoms with Crippen molar-refractivity contribution in [3.8, 4) is 0 Å². The van der Waals surface area contributed by atoms with Crippen molar-refractivity contribution in [3.63, 3.8) is 0 Å². The van der Waals surface area contributed by atoms with E-state index >= 15 is 0 Å². The second-order valence-corrected chi connectivity index (χ2v) is 4.11. The molecule has 13 heavy (non-hydrogen) atoms. The van der Waals surface area contributed by atoms with Crippen LogP contribution in [0.1, 0.15) is 25.3 Å². The van der Waals surface area contributed by atoms with Crippen LogP contribution < -0.4 is 0 Å². The third-order valence-corrected chi connectivity index (χ3v) is 2.60. The summed E-state index contributed by atoms with van der Waals surface area (Å²) in [5, 5.41) is 6.58. The lowest BCUT2D eigenvalue weighted by atomic mass is 10.1. The lowest BCUT2D eigenvalue weighted by Crippen LogP contribution is -1.89. The van der Waals surface area contributed by atoms with Gasteiger partial charge in [0.1, 0.15) is 6.33 Å². The Morgan fingerprint density at radius 1 is 1.46 bits per heavy atom. The monoisotopic (exact) mass is 289 g/mol. The number of nitrogens with one attached hydrogen (secondary N) is 1. The molecular weight excluding hydrogens is 277 g/mol.